The molecule has 0 atom stereocenters. The molecule has 0 saturated carbocycles. The summed E-state index contributed by atoms with van der Waals surface area (Å²) in [6.07, 6.45) is 3.86. The van der Waals surface area contributed by atoms with Crippen LogP contribution in [0.3, 0.4) is 0 Å². The number of rotatable bonds is 6. The second-order valence-electron chi connectivity index (χ2n) is 7.70. The van der Waals surface area contributed by atoms with Crippen LogP contribution in [0.2, 0.25) is 0 Å². The minimum atomic E-state index is -0.934. The molecule has 1 aliphatic rings. The monoisotopic (exact) mass is 421 g/mol. The molecule has 158 valence electrons. The zero-order chi connectivity index (χ0) is 21.4. The molecule has 4 aromatic rings. The molecule has 0 aliphatic heterocycles. The highest BCUT2D eigenvalue weighted by Gasteiger charge is 2.27. The van der Waals surface area contributed by atoms with Crippen LogP contribution < -0.4 is 5.32 Å². The summed E-state index contributed by atoms with van der Waals surface area (Å²) < 4.78 is 28.6. The molecule has 2 heterocycles. The Morgan fingerprint density at radius 3 is 2.84 bits per heavy atom. The van der Waals surface area contributed by atoms with Crippen LogP contribution >= 0.6 is 0 Å². The number of fused-ring (bicyclic) bond motifs is 2. The number of H-pyrrole nitrogens is 1. The Kier molecular flexibility index (Phi) is 4.97. The third-order valence-corrected chi connectivity index (χ3v) is 5.61. The minimum Gasteiger partial charge on any atom is -0.351 e. The van der Waals surface area contributed by atoms with Crippen molar-refractivity contribution in [3.05, 3.63) is 76.9 Å². The second kappa shape index (κ2) is 7.94. The molecule has 1 aliphatic carbocycles. The van der Waals surface area contributed by atoms with Crippen molar-refractivity contribution in [2.45, 2.75) is 32.1 Å². The van der Waals surface area contributed by atoms with Crippen molar-refractivity contribution in [2.75, 3.05) is 6.54 Å². The summed E-state index contributed by atoms with van der Waals surface area (Å²) in [6, 6.07) is 11.5. The number of amides is 1. The number of hydrogen-bond acceptors (Lipinski definition) is 3. The normalized spacial score (nSPS) is 13.0. The number of imidazole rings is 1. The van der Waals surface area contributed by atoms with E-state index in [9.17, 15) is 13.6 Å². The lowest BCUT2D eigenvalue weighted by Gasteiger charge is -2.06. The zero-order valence-electron chi connectivity index (χ0n) is 16.8. The van der Waals surface area contributed by atoms with Crippen molar-refractivity contribution in [3.63, 3.8) is 0 Å². The van der Waals surface area contributed by atoms with Crippen LogP contribution in [0.15, 0.2) is 42.5 Å². The lowest BCUT2D eigenvalue weighted by Crippen LogP contribution is -2.26. The zero-order valence-corrected chi connectivity index (χ0v) is 16.8. The minimum absolute atomic E-state index is 0.246. The van der Waals surface area contributed by atoms with Crippen LogP contribution in [0.5, 0.6) is 0 Å². The Labute approximate surface area is 177 Å². The summed E-state index contributed by atoms with van der Waals surface area (Å²) in [4.78, 5) is 20.6. The van der Waals surface area contributed by atoms with Crippen molar-refractivity contribution in [2.24, 2.45) is 0 Å². The van der Waals surface area contributed by atoms with E-state index >= 15 is 0 Å². The van der Waals surface area contributed by atoms with Gasteiger partial charge in [-0.15, -0.1) is 0 Å². The van der Waals surface area contributed by atoms with Gasteiger partial charge < -0.3 is 10.3 Å². The molecule has 2 N–H and O–H groups in total. The van der Waals surface area contributed by atoms with Crippen molar-refractivity contribution in [3.8, 4) is 5.69 Å². The average molecular weight is 421 g/mol. The highest BCUT2D eigenvalue weighted by molar-refractivity contribution is 5.94. The van der Waals surface area contributed by atoms with Crippen molar-refractivity contribution < 1.29 is 13.6 Å². The molecule has 0 spiro atoms. The van der Waals surface area contributed by atoms with E-state index in [1.165, 1.54) is 6.07 Å². The van der Waals surface area contributed by atoms with Crippen molar-refractivity contribution >= 4 is 16.9 Å². The quantitative estimate of drug-likeness (QED) is 0.464. The smallest absolute Gasteiger partial charge is 0.272 e. The van der Waals surface area contributed by atoms with E-state index in [1.54, 1.807) is 4.68 Å². The maximum Gasteiger partial charge on any atom is 0.272 e. The molecule has 1 amide bonds. The first-order valence-electron chi connectivity index (χ1n) is 10.4. The number of aryl methyl sites for hydroxylation is 1. The number of para-hydroxylation sites is 2. The Morgan fingerprint density at radius 1 is 1.13 bits per heavy atom. The topological polar surface area (TPSA) is 75.6 Å². The summed E-state index contributed by atoms with van der Waals surface area (Å²) in [7, 11) is 0. The second-order valence-corrected chi connectivity index (χ2v) is 7.70. The molecular weight excluding hydrogens is 400 g/mol. The number of carbonyl (C=O) groups is 1. The van der Waals surface area contributed by atoms with Crippen LogP contribution in [-0.4, -0.2) is 32.2 Å². The van der Waals surface area contributed by atoms with Gasteiger partial charge in [0.1, 0.15) is 5.82 Å². The van der Waals surface area contributed by atoms with Gasteiger partial charge in [-0.3, -0.25) is 4.79 Å². The maximum absolute atomic E-state index is 13.7. The van der Waals surface area contributed by atoms with Crippen molar-refractivity contribution in [1.29, 1.82) is 0 Å². The molecule has 0 saturated heterocycles. The van der Waals surface area contributed by atoms with Gasteiger partial charge in [-0.2, -0.15) is 5.10 Å². The van der Waals surface area contributed by atoms with Crippen LogP contribution in [0, 0.1) is 11.6 Å². The predicted octanol–water partition coefficient (Wildman–Crippen LogP) is 3.88. The highest BCUT2D eigenvalue weighted by atomic mass is 19.2. The molecule has 0 unspecified atom stereocenters. The van der Waals surface area contributed by atoms with E-state index < -0.39 is 11.6 Å². The fraction of sp³-hybridized carbons (Fsp3) is 0.261. The number of halogens is 2. The van der Waals surface area contributed by atoms with E-state index in [0.29, 0.717) is 17.9 Å². The van der Waals surface area contributed by atoms with Gasteiger partial charge in [0.05, 0.1) is 16.7 Å². The lowest BCUT2D eigenvalue weighted by molar-refractivity contribution is 0.0947. The number of aromatic amines is 1. The average Bonchev–Trinajstić information content (AvgIpc) is 3.47. The van der Waals surface area contributed by atoms with Gasteiger partial charge in [0.15, 0.2) is 17.3 Å². The number of nitrogens with zero attached hydrogens (tertiary/aromatic N) is 3. The Morgan fingerprint density at radius 2 is 2.00 bits per heavy atom. The molecule has 2 aromatic heterocycles. The van der Waals surface area contributed by atoms with Gasteiger partial charge in [0.25, 0.3) is 5.91 Å². The first-order valence-corrected chi connectivity index (χ1v) is 10.4. The van der Waals surface area contributed by atoms with E-state index in [1.807, 2.05) is 24.3 Å². The number of nitrogens with one attached hydrogen (secondary N) is 2. The Bertz CT molecular complexity index is 1240. The van der Waals surface area contributed by atoms with Gasteiger partial charge in [-0.25, -0.2) is 18.4 Å². The van der Waals surface area contributed by atoms with E-state index in [0.717, 1.165) is 72.4 Å². The Balaban J connectivity index is 1.26. The molecular formula is C23H21F2N5O. The highest BCUT2D eigenvalue weighted by Crippen LogP contribution is 2.28. The molecule has 6 nitrogen and oxygen atoms in total. The van der Waals surface area contributed by atoms with Crippen molar-refractivity contribution in [1.82, 2.24) is 25.1 Å². The third kappa shape index (κ3) is 3.69. The molecule has 5 rings (SSSR count). The van der Waals surface area contributed by atoms with Gasteiger partial charge in [0, 0.05) is 30.3 Å². The maximum atomic E-state index is 13.7. The number of aromatic nitrogens is 4. The standard InChI is InChI=1S/C23H21F2N5O/c24-16-11-10-14(13-17(16)25)30-20-8-3-5-15(20)22(29-30)23(31)26-12-4-9-21-27-18-6-1-2-7-19(18)28-21/h1-2,6-7,10-11,13H,3-5,8-9,12H2,(H,26,31)(H,27,28). The summed E-state index contributed by atoms with van der Waals surface area (Å²) in [5.74, 6) is -1.20. The van der Waals surface area contributed by atoms with Crippen LogP contribution in [-0.2, 0) is 19.3 Å². The SMILES string of the molecule is O=C(NCCCc1nc2ccccc2[nH]1)c1nn(-c2ccc(F)c(F)c2)c2c1CCC2. The van der Waals surface area contributed by atoms with E-state index in [4.69, 9.17) is 0 Å². The lowest BCUT2D eigenvalue weighted by atomic mass is 10.2. The summed E-state index contributed by atoms with van der Waals surface area (Å²) in [5, 5.41) is 7.36. The number of benzene rings is 2. The fourth-order valence-corrected chi connectivity index (χ4v) is 4.12. The van der Waals surface area contributed by atoms with Crippen LogP contribution in [0.1, 0.15) is 40.4 Å². The molecule has 0 radical (unpaired) electrons. The number of hydrogen-bond donors (Lipinski definition) is 2. The summed E-state index contributed by atoms with van der Waals surface area (Å²) in [6.45, 7) is 0.489. The molecule has 0 fully saturated rings. The summed E-state index contributed by atoms with van der Waals surface area (Å²) in [5.41, 5.74) is 4.49. The molecule has 31 heavy (non-hydrogen) atoms. The molecule has 8 heteroatoms. The first-order chi connectivity index (χ1) is 15.1. The molecule has 2 aromatic carbocycles. The van der Waals surface area contributed by atoms with E-state index in [2.05, 4.69) is 20.4 Å². The van der Waals surface area contributed by atoms with E-state index in [-0.39, 0.29) is 5.91 Å². The first kappa shape index (κ1) is 19.4. The Hall–Kier alpha value is -3.55. The number of carbonyl (C=O) groups excluding carboxylic acids is 1. The largest absolute Gasteiger partial charge is 0.351 e. The van der Waals surface area contributed by atoms with Crippen LogP contribution in [0.25, 0.3) is 16.7 Å². The third-order valence-electron chi connectivity index (χ3n) is 5.61. The van der Waals surface area contributed by atoms with Gasteiger partial charge in [-0.05, 0) is 49.9 Å². The van der Waals surface area contributed by atoms with Gasteiger partial charge in [0.2, 0.25) is 0 Å². The molecule has 0 bridgehead atoms. The van der Waals surface area contributed by atoms with Gasteiger partial charge in [-0.1, -0.05) is 12.1 Å². The van der Waals surface area contributed by atoms with Gasteiger partial charge >= 0.3 is 0 Å². The fourth-order valence-electron chi connectivity index (χ4n) is 4.12. The van der Waals surface area contributed by atoms with Crippen LogP contribution in [0.4, 0.5) is 8.78 Å². The summed E-state index contributed by atoms with van der Waals surface area (Å²) >= 11 is 0. The predicted molar refractivity (Wildman–Crippen MR) is 112 cm³/mol.